The predicted molar refractivity (Wildman–Crippen MR) is 84.2 cm³/mol. The summed E-state index contributed by atoms with van der Waals surface area (Å²) < 4.78 is 2.30. The van der Waals surface area contributed by atoms with Crippen molar-refractivity contribution in [3.8, 4) is 0 Å². The Morgan fingerprint density at radius 3 is 2.90 bits per heavy atom. The Bertz CT molecular complexity index is 605. The highest BCUT2D eigenvalue weighted by Crippen LogP contribution is 2.35. The molecule has 1 heterocycles. The van der Waals surface area contributed by atoms with Crippen LogP contribution >= 0.6 is 11.6 Å². The molecule has 3 nitrogen and oxygen atoms in total. The van der Waals surface area contributed by atoms with Gasteiger partial charge in [-0.15, -0.1) is 0 Å². The number of fused-ring (bicyclic) bond motifs is 1. The first-order valence-corrected chi connectivity index (χ1v) is 8.00. The minimum absolute atomic E-state index is 0.231. The Morgan fingerprint density at radius 1 is 1.35 bits per heavy atom. The van der Waals surface area contributed by atoms with Gasteiger partial charge >= 0.3 is 0 Å². The standard InChI is InChI=1S/C16H22ClN3/c1-2-10-20-15-12(17)7-5-9-14(15)19-16(20)11-6-3-4-8-13(11)18/h5,7,9,11,13H,2-4,6,8,10,18H2,1H3. The second-order valence-corrected chi connectivity index (χ2v) is 6.19. The van der Waals surface area contributed by atoms with E-state index in [0.29, 0.717) is 5.92 Å². The number of rotatable bonds is 3. The summed E-state index contributed by atoms with van der Waals surface area (Å²) >= 11 is 6.39. The first kappa shape index (κ1) is 13.9. The first-order valence-electron chi connectivity index (χ1n) is 7.62. The van der Waals surface area contributed by atoms with Gasteiger partial charge in [0.15, 0.2) is 0 Å². The number of benzene rings is 1. The van der Waals surface area contributed by atoms with E-state index in [0.717, 1.165) is 47.7 Å². The molecule has 2 N–H and O–H groups in total. The van der Waals surface area contributed by atoms with E-state index in [-0.39, 0.29) is 6.04 Å². The van der Waals surface area contributed by atoms with Gasteiger partial charge in [-0.2, -0.15) is 0 Å². The highest BCUT2D eigenvalue weighted by atomic mass is 35.5. The van der Waals surface area contributed by atoms with Gasteiger partial charge in [-0.25, -0.2) is 4.98 Å². The van der Waals surface area contributed by atoms with E-state index < -0.39 is 0 Å². The van der Waals surface area contributed by atoms with Crippen LogP contribution in [0.2, 0.25) is 5.02 Å². The van der Waals surface area contributed by atoms with Crippen LogP contribution in [0.4, 0.5) is 0 Å². The van der Waals surface area contributed by atoms with Gasteiger partial charge in [0.2, 0.25) is 0 Å². The molecular weight excluding hydrogens is 270 g/mol. The Kier molecular flexibility index (Phi) is 3.99. The summed E-state index contributed by atoms with van der Waals surface area (Å²) in [6.45, 7) is 3.14. The molecule has 1 aliphatic carbocycles. The molecule has 2 unspecified atom stereocenters. The van der Waals surface area contributed by atoms with Crippen LogP contribution in [0.15, 0.2) is 18.2 Å². The van der Waals surface area contributed by atoms with Crippen LogP contribution in [0.3, 0.4) is 0 Å². The van der Waals surface area contributed by atoms with Crippen molar-refractivity contribution in [3.63, 3.8) is 0 Å². The smallest absolute Gasteiger partial charge is 0.114 e. The van der Waals surface area contributed by atoms with E-state index in [9.17, 15) is 0 Å². The normalized spacial score (nSPS) is 23.4. The van der Waals surface area contributed by atoms with Crippen molar-refractivity contribution in [2.24, 2.45) is 5.73 Å². The predicted octanol–water partition coefficient (Wildman–Crippen LogP) is 4.08. The van der Waals surface area contributed by atoms with Crippen LogP contribution in [0.5, 0.6) is 0 Å². The number of hydrogen-bond acceptors (Lipinski definition) is 2. The van der Waals surface area contributed by atoms with Gasteiger partial charge in [-0.05, 0) is 31.4 Å². The fraction of sp³-hybridized carbons (Fsp3) is 0.562. The molecule has 3 rings (SSSR count). The van der Waals surface area contributed by atoms with E-state index in [4.69, 9.17) is 22.3 Å². The number of aryl methyl sites for hydroxylation is 1. The summed E-state index contributed by atoms with van der Waals surface area (Å²) in [7, 11) is 0. The lowest BCUT2D eigenvalue weighted by Gasteiger charge is -2.28. The van der Waals surface area contributed by atoms with Crippen LogP contribution in [-0.4, -0.2) is 15.6 Å². The largest absolute Gasteiger partial charge is 0.327 e. The van der Waals surface area contributed by atoms with Crippen molar-refractivity contribution in [1.82, 2.24) is 9.55 Å². The fourth-order valence-corrected chi connectivity index (χ4v) is 3.64. The molecule has 4 heteroatoms. The summed E-state index contributed by atoms with van der Waals surface area (Å²) in [6.07, 6.45) is 5.82. The molecule has 0 saturated heterocycles. The molecule has 1 saturated carbocycles. The number of nitrogens with zero attached hydrogens (tertiary/aromatic N) is 2. The summed E-state index contributed by atoms with van der Waals surface area (Å²) in [4.78, 5) is 4.86. The third-order valence-electron chi connectivity index (χ3n) is 4.35. The second kappa shape index (κ2) is 5.74. The third-order valence-corrected chi connectivity index (χ3v) is 4.65. The zero-order chi connectivity index (χ0) is 14.1. The first-order chi connectivity index (χ1) is 9.72. The maximum absolute atomic E-state index is 6.39. The van der Waals surface area contributed by atoms with Crippen molar-refractivity contribution >= 4 is 22.6 Å². The van der Waals surface area contributed by atoms with Crippen LogP contribution < -0.4 is 5.73 Å². The Hall–Kier alpha value is -1.06. The molecule has 1 aromatic carbocycles. The summed E-state index contributed by atoms with van der Waals surface area (Å²) in [6, 6.07) is 6.20. The number of hydrogen-bond donors (Lipinski definition) is 1. The Balaban J connectivity index is 2.13. The molecule has 0 spiro atoms. The zero-order valence-electron chi connectivity index (χ0n) is 12.0. The lowest BCUT2D eigenvalue weighted by atomic mass is 9.84. The molecule has 0 amide bonds. The molecule has 20 heavy (non-hydrogen) atoms. The van der Waals surface area contributed by atoms with Crippen LogP contribution in [-0.2, 0) is 6.54 Å². The quantitative estimate of drug-likeness (QED) is 0.926. The maximum atomic E-state index is 6.39. The van der Waals surface area contributed by atoms with Gasteiger partial charge in [0.25, 0.3) is 0 Å². The van der Waals surface area contributed by atoms with Crippen molar-refractivity contribution in [2.75, 3.05) is 0 Å². The summed E-state index contributed by atoms with van der Waals surface area (Å²) in [5, 5.41) is 0.791. The molecule has 108 valence electrons. The monoisotopic (exact) mass is 291 g/mol. The van der Waals surface area contributed by atoms with Gasteiger partial charge in [-0.1, -0.05) is 37.4 Å². The van der Waals surface area contributed by atoms with Gasteiger partial charge in [0.05, 0.1) is 16.1 Å². The number of aromatic nitrogens is 2. The third kappa shape index (κ3) is 2.33. The van der Waals surface area contributed by atoms with Gasteiger partial charge in [0, 0.05) is 18.5 Å². The molecule has 0 aliphatic heterocycles. The molecule has 1 fully saturated rings. The molecular formula is C16H22ClN3. The van der Waals surface area contributed by atoms with E-state index in [1.54, 1.807) is 0 Å². The number of para-hydroxylation sites is 1. The van der Waals surface area contributed by atoms with Crippen molar-refractivity contribution in [1.29, 1.82) is 0 Å². The average molecular weight is 292 g/mol. The molecule has 1 aromatic heterocycles. The lowest BCUT2D eigenvalue weighted by molar-refractivity contribution is 0.364. The van der Waals surface area contributed by atoms with E-state index in [1.165, 1.54) is 12.8 Å². The van der Waals surface area contributed by atoms with Gasteiger partial charge in [0.1, 0.15) is 5.82 Å². The minimum Gasteiger partial charge on any atom is -0.327 e. The Morgan fingerprint density at radius 2 is 2.15 bits per heavy atom. The lowest BCUT2D eigenvalue weighted by Crippen LogP contribution is -2.33. The maximum Gasteiger partial charge on any atom is 0.114 e. The van der Waals surface area contributed by atoms with Crippen molar-refractivity contribution in [3.05, 3.63) is 29.0 Å². The fourth-order valence-electron chi connectivity index (χ4n) is 3.37. The Labute approximate surface area is 125 Å². The van der Waals surface area contributed by atoms with Gasteiger partial charge in [-0.3, -0.25) is 0 Å². The average Bonchev–Trinajstić information content (AvgIpc) is 2.80. The molecule has 0 radical (unpaired) electrons. The number of imidazole rings is 1. The van der Waals surface area contributed by atoms with Crippen LogP contribution in [0.25, 0.3) is 11.0 Å². The molecule has 2 atom stereocenters. The van der Waals surface area contributed by atoms with Crippen LogP contribution in [0.1, 0.15) is 50.8 Å². The minimum atomic E-state index is 0.231. The van der Waals surface area contributed by atoms with E-state index in [1.807, 2.05) is 18.2 Å². The highest BCUT2D eigenvalue weighted by molar-refractivity contribution is 6.35. The SMILES string of the molecule is CCCn1c(C2CCCCC2N)nc2cccc(Cl)c21. The molecule has 1 aliphatic rings. The molecule has 0 bridgehead atoms. The second-order valence-electron chi connectivity index (χ2n) is 5.78. The van der Waals surface area contributed by atoms with E-state index >= 15 is 0 Å². The zero-order valence-corrected chi connectivity index (χ0v) is 12.7. The highest BCUT2D eigenvalue weighted by Gasteiger charge is 2.28. The summed E-state index contributed by atoms with van der Waals surface area (Å²) in [5.74, 6) is 1.51. The topological polar surface area (TPSA) is 43.8 Å². The van der Waals surface area contributed by atoms with Crippen LogP contribution in [0, 0.1) is 0 Å². The number of halogens is 1. The number of nitrogens with two attached hydrogens (primary N) is 1. The molecule has 2 aromatic rings. The van der Waals surface area contributed by atoms with Gasteiger partial charge < -0.3 is 10.3 Å². The summed E-state index contributed by atoms with van der Waals surface area (Å²) in [5.41, 5.74) is 8.42. The van der Waals surface area contributed by atoms with E-state index in [2.05, 4.69) is 11.5 Å². The van der Waals surface area contributed by atoms with Crippen molar-refractivity contribution < 1.29 is 0 Å². The van der Waals surface area contributed by atoms with Crippen molar-refractivity contribution in [2.45, 2.75) is 57.5 Å².